The second-order valence-corrected chi connectivity index (χ2v) is 21.0. The summed E-state index contributed by atoms with van der Waals surface area (Å²) in [7, 11) is 1.70. The highest BCUT2D eigenvalue weighted by molar-refractivity contribution is 5.96. The number of piperidine rings is 1. The first-order valence-electron chi connectivity index (χ1n) is 25.8. The number of hydrogen-bond acceptors (Lipinski definition) is 13. The van der Waals surface area contributed by atoms with Gasteiger partial charge in [-0.05, 0) is 141 Å². The van der Waals surface area contributed by atoms with E-state index in [0.29, 0.717) is 66.4 Å². The van der Waals surface area contributed by atoms with Crippen LogP contribution in [0.3, 0.4) is 0 Å². The molecular weight excluding hydrogens is 901 g/mol. The zero-order valence-corrected chi connectivity index (χ0v) is 40.1. The SMILES string of the molecule is COCCC[C@H]1Oc2c3cc(c4cc(O)ccc24)OCC#C[C@@H]2CN[C@H]4CC[C@H]5C[C@@H](CO)[C@H](O[C@@H]3[C@@H]1[C@H]1COc3c(Cc6cc(O)ccc6-c6cccc(O)c6)cc(OC6CCCC6)cc3[C@H]1O)[C@]52N4. The maximum absolute atomic E-state index is 13.3. The number of phenolic OH excluding ortho intramolecular Hbond substituents is 3. The van der Waals surface area contributed by atoms with E-state index in [1.54, 1.807) is 49.6 Å². The number of rotatable bonds is 11. The Bertz CT molecular complexity index is 2870. The Morgan fingerprint density at radius 2 is 1.69 bits per heavy atom. The third-order valence-corrected chi connectivity index (χ3v) is 16.9. The summed E-state index contributed by atoms with van der Waals surface area (Å²) < 4.78 is 41.3. The van der Waals surface area contributed by atoms with Crippen molar-refractivity contribution in [3.63, 3.8) is 0 Å². The number of phenols is 3. The first-order valence-corrected chi connectivity index (χ1v) is 25.8. The number of benzene rings is 5. The molecule has 13 nitrogen and oxygen atoms in total. The highest BCUT2D eigenvalue weighted by Gasteiger charge is 2.64. The number of fused-ring (bicyclic) bond motifs is 6. The number of aromatic hydroxyl groups is 3. The number of aliphatic hydroxyl groups excluding tert-OH is 2. The van der Waals surface area contributed by atoms with E-state index in [1.165, 1.54) is 0 Å². The molecular formula is C58H64N2O11. The van der Waals surface area contributed by atoms with Gasteiger partial charge in [-0.2, -0.15) is 0 Å². The van der Waals surface area contributed by atoms with Crippen molar-refractivity contribution in [2.24, 2.45) is 29.6 Å². The number of hydrogen-bond donors (Lipinski definition) is 7. The first-order chi connectivity index (χ1) is 34.7. The van der Waals surface area contributed by atoms with Crippen molar-refractivity contribution in [1.29, 1.82) is 0 Å². The summed E-state index contributed by atoms with van der Waals surface area (Å²) in [6.45, 7) is 1.39. The zero-order chi connectivity index (χ0) is 48.4. The molecule has 5 aromatic carbocycles. The van der Waals surface area contributed by atoms with Gasteiger partial charge in [0.1, 0.15) is 53.0 Å². The van der Waals surface area contributed by atoms with Gasteiger partial charge in [0.2, 0.25) is 0 Å². The molecule has 5 aromatic rings. The number of aliphatic hydroxyl groups is 2. The van der Waals surface area contributed by atoms with Gasteiger partial charge in [0, 0.05) is 78.5 Å². The van der Waals surface area contributed by atoms with Gasteiger partial charge in [0.25, 0.3) is 0 Å². The number of methoxy groups -OCH3 is 1. The van der Waals surface area contributed by atoms with Gasteiger partial charge in [-0.15, -0.1) is 0 Å². The van der Waals surface area contributed by atoms with Gasteiger partial charge < -0.3 is 59.3 Å². The molecule has 13 heteroatoms. The molecule has 1 spiro atoms. The molecule has 11 atom stereocenters. The monoisotopic (exact) mass is 964 g/mol. The summed E-state index contributed by atoms with van der Waals surface area (Å²) in [6.07, 6.45) is 5.84. The quantitative estimate of drug-likeness (QED) is 0.0498. The van der Waals surface area contributed by atoms with E-state index in [1.807, 2.05) is 36.4 Å². The Morgan fingerprint density at radius 3 is 2.54 bits per heavy atom. The number of ether oxygens (including phenoxy) is 6. The fraction of sp³-hybridized carbons (Fsp3) is 0.483. The van der Waals surface area contributed by atoms with Crippen LogP contribution in [0.1, 0.15) is 92.2 Å². The van der Waals surface area contributed by atoms with Gasteiger partial charge in [-0.1, -0.05) is 30.0 Å². The van der Waals surface area contributed by atoms with Crippen LogP contribution in [0.4, 0.5) is 0 Å². The summed E-state index contributed by atoms with van der Waals surface area (Å²) in [4.78, 5) is 0. The average molecular weight is 965 g/mol. The van der Waals surface area contributed by atoms with Gasteiger partial charge in [-0.25, -0.2) is 0 Å². The van der Waals surface area contributed by atoms with Crippen LogP contribution < -0.4 is 29.6 Å². The van der Waals surface area contributed by atoms with Crippen LogP contribution in [0.5, 0.6) is 40.2 Å². The van der Waals surface area contributed by atoms with Gasteiger partial charge in [-0.3, -0.25) is 5.32 Å². The molecule has 7 N–H and O–H groups in total. The second-order valence-electron chi connectivity index (χ2n) is 21.0. The Balaban J connectivity index is 1.01. The van der Waals surface area contributed by atoms with Crippen molar-refractivity contribution in [2.45, 2.75) is 106 Å². The van der Waals surface area contributed by atoms with Crippen molar-refractivity contribution in [1.82, 2.24) is 10.6 Å². The normalized spacial score (nSPS) is 30.6. The molecule has 71 heavy (non-hydrogen) atoms. The van der Waals surface area contributed by atoms with Crippen LogP contribution in [-0.4, -0.2) is 95.6 Å². The summed E-state index contributed by atoms with van der Waals surface area (Å²) in [5, 5.41) is 66.0. The zero-order valence-electron chi connectivity index (χ0n) is 40.1. The molecule has 0 aromatic heterocycles. The van der Waals surface area contributed by atoms with Crippen LogP contribution in [0.25, 0.3) is 21.9 Å². The topological polar surface area (TPSA) is 181 Å². The molecule has 12 rings (SSSR count). The third kappa shape index (κ3) is 8.30. The predicted molar refractivity (Wildman–Crippen MR) is 266 cm³/mol. The minimum absolute atomic E-state index is 0.0405. The summed E-state index contributed by atoms with van der Waals surface area (Å²) in [5.41, 5.74) is 4.09. The van der Waals surface area contributed by atoms with E-state index in [4.69, 9.17) is 28.4 Å². The van der Waals surface area contributed by atoms with Gasteiger partial charge >= 0.3 is 0 Å². The molecule has 2 saturated carbocycles. The largest absolute Gasteiger partial charge is 0.508 e. The lowest BCUT2D eigenvalue weighted by atomic mass is 9.67. The Labute approximate surface area is 414 Å². The van der Waals surface area contributed by atoms with Crippen molar-refractivity contribution >= 4 is 10.8 Å². The second kappa shape index (κ2) is 19.0. The van der Waals surface area contributed by atoms with Gasteiger partial charge in [0.05, 0.1) is 48.6 Å². The lowest BCUT2D eigenvalue weighted by Gasteiger charge is -2.56. The average Bonchev–Trinajstić information content (AvgIpc) is 3.99. The van der Waals surface area contributed by atoms with E-state index < -0.39 is 41.8 Å². The highest BCUT2D eigenvalue weighted by Crippen LogP contribution is 2.59. The van der Waals surface area contributed by atoms with E-state index in [9.17, 15) is 25.5 Å². The van der Waals surface area contributed by atoms with E-state index in [-0.39, 0.29) is 67.1 Å². The molecule has 4 fully saturated rings. The standard InChI is InChI=1S/C58H64N2O11/c1-66-19-6-12-49-52(48-31-68-54-34(25-42(27-46(54)53(48)65)69-41-10-2-3-11-41)21-33-24-39(63)14-16-43(33)32-7-4-9-38(62)23-32)56-47-28-50(45-26-40(64)15-17-44(45)55(47)70-49)67-20-5-8-37-29-59-51-18-13-36-22-35(30-61)57(71-56)58(36,37)60-51/h4,7,9,14-17,23-28,35-37,41,48-49,51-53,56-57,59-65H,2-3,6,10-13,18-22,29-31H2,1H3/t35-,36-,37+,48+,49+,51+,52+,53+,56-,57-,58-/m0/s1. The van der Waals surface area contributed by atoms with Crippen LogP contribution >= 0.6 is 0 Å². The molecule has 372 valence electrons. The van der Waals surface area contributed by atoms with E-state index in [0.717, 1.165) is 78.1 Å². The fourth-order valence-corrected chi connectivity index (χ4v) is 13.8. The minimum Gasteiger partial charge on any atom is -0.508 e. The van der Waals surface area contributed by atoms with Crippen LogP contribution in [0.15, 0.2) is 78.9 Å². The molecule has 0 amide bonds. The highest BCUT2D eigenvalue weighted by atomic mass is 16.5. The predicted octanol–water partition coefficient (Wildman–Crippen LogP) is 8.20. The molecule has 5 heterocycles. The maximum atomic E-state index is 13.3. The first kappa shape index (κ1) is 46.4. The summed E-state index contributed by atoms with van der Waals surface area (Å²) in [6, 6.07) is 23.5. The van der Waals surface area contributed by atoms with Crippen LogP contribution in [0.2, 0.25) is 0 Å². The number of nitrogens with one attached hydrogen (secondary N) is 2. The van der Waals surface area contributed by atoms with E-state index in [2.05, 4.69) is 22.5 Å². The van der Waals surface area contributed by atoms with Gasteiger partial charge in [0.15, 0.2) is 0 Å². The smallest absolute Gasteiger partial charge is 0.149 e. The molecule has 2 aliphatic carbocycles. The summed E-state index contributed by atoms with van der Waals surface area (Å²) in [5.74, 6) is 8.56. The lowest BCUT2D eigenvalue weighted by Crippen LogP contribution is -2.74. The molecule has 4 bridgehead atoms. The molecule has 0 radical (unpaired) electrons. The maximum Gasteiger partial charge on any atom is 0.149 e. The van der Waals surface area contributed by atoms with Crippen molar-refractivity contribution in [2.75, 3.05) is 40.1 Å². The van der Waals surface area contributed by atoms with E-state index >= 15 is 0 Å². The Kier molecular flexibility index (Phi) is 12.4. The molecule has 2 saturated heterocycles. The van der Waals surface area contributed by atoms with Crippen molar-refractivity contribution < 1.29 is 54.0 Å². The lowest BCUT2D eigenvalue weighted by molar-refractivity contribution is -0.170. The molecule has 7 aliphatic rings. The third-order valence-electron chi connectivity index (χ3n) is 16.9. The van der Waals surface area contributed by atoms with Crippen molar-refractivity contribution in [3.05, 3.63) is 101 Å². The summed E-state index contributed by atoms with van der Waals surface area (Å²) >= 11 is 0. The van der Waals surface area contributed by atoms with Crippen LogP contribution in [0, 0.1) is 41.4 Å². The molecule has 0 unspecified atom stereocenters. The van der Waals surface area contributed by atoms with Crippen molar-refractivity contribution in [3.8, 4) is 63.2 Å². The Hall–Kier alpha value is -5.72. The minimum atomic E-state index is -1.06. The molecule has 5 aliphatic heterocycles. The van der Waals surface area contributed by atoms with Crippen LogP contribution in [-0.2, 0) is 15.9 Å². The Morgan fingerprint density at radius 1 is 0.845 bits per heavy atom. The fourth-order valence-electron chi connectivity index (χ4n) is 13.8.